The van der Waals surface area contributed by atoms with Crippen molar-refractivity contribution >= 4 is 17.9 Å². The zero-order valence-electron chi connectivity index (χ0n) is 42.1. The molecule has 0 heterocycles. The van der Waals surface area contributed by atoms with Gasteiger partial charge in [-0.05, 0) is 77.0 Å². The molecule has 0 amide bonds. The standard InChI is InChI=1S/C57H104O6/c1-4-7-10-13-16-19-22-25-28-29-30-33-35-38-41-44-47-50-56(59)62-53-54(63-57(60)51-48-45-42-39-36-32-27-24-21-18-15-12-9-6-3)52-61-55(58)49-46-43-40-37-34-31-26-23-20-17-14-11-8-5-2/h16,19,24-25,27-28,54H,4-15,17-18,20-23,26,29-53H2,1-3H3/b19-16+,27-24+,28-25+/t54-/m1/s1. The molecular formula is C57H104O6. The summed E-state index contributed by atoms with van der Waals surface area (Å²) in [7, 11) is 0. The Kier molecular flexibility index (Phi) is 50.3. The van der Waals surface area contributed by atoms with Crippen LogP contribution in [0.3, 0.4) is 0 Å². The Labute approximate surface area is 391 Å². The Balaban J connectivity index is 4.36. The second-order valence-corrected chi connectivity index (χ2v) is 18.5. The van der Waals surface area contributed by atoms with Gasteiger partial charge in [-0.25, -0.2) is 0 Å². The van der Waals surface area contributed by atoms with Gasteiger partial charge < -0.3 is 14.2 Å². The summed E-state index contributed by atoms with van der Waals surface area (Å²) in [5, 5.41) is 0. The van der Waals surface area contributed by atoms with Crippen molar-refractivity contribution in [1.82, 2.24) is 0 Å². The van der Waals surface area contributed by atoms with Crippen LogP contribution in [0.5, 0.6) is 0 Å². The highest BCUT2D eigenvalue weighted by atomic mass is 16.6. The lowest BCUT2D eigenvalue weighted by Gasteiger charge is -2.18. The molecular weight excluding hydrogens is 781 g/mol. The quantitative estimate of drug-likeness (QED) is 0.0262. The number of carbonyl (C=O) groups is 3. The first kappa shape index (κ1) is 60.6. The number of carbonyl (C=O) groups excluding carboxylic acids is 3. The maximum absolute atomic E-state index is 12.8. The number of hydrogen-bond acceptors (Lipinski definition) is 6. The fourth-order valence-electron chi connectivity index (χ4n) is 7.94. The van der Waals surface area contributed by atoms with Crippen LogP contribution in [0.4, 0.5) is 0 Å². The second kappa shape index (κ2) is 52.3. The van der Waals surface area contributed by atoms with Crippen LogP contribution in [0.15, 0.2) is 36.5 Å². The summed E-state index contributed by atoms with van der Waals surface area (Å²) < 4.78 is 16.8. The third-order valence-corrected chi connectivity index (χ3v) is 12.1. The topological polar surface area (TPSA) is 78.9 Å². The Morgan fingerprint density at radius 2 is 0.571 bits per heavy atom. The van der Waals surface area contributed by atoms with Gasteiger partial charge in [-0.15, -0.1) is 0 Å². The van der Waals surface area contributed by atoms with E-state index in [-0.39, 0.29) is 31.1 Å². The van der Waals surface area contributed by atoms with Crippen LogP contribution in [-0.4, -0.2) is 37.2 Å². The first-order valence-corrected chi connectivity index (χ1v) is 27.5. The lowest BCUT2D eigenvalue weighted by Crippen LogP contribution is -2.30. The molecule has 0 aromatic rings. The lowest BCUT2D eigenvalue weighted by atomic mass is 10.0. The molecule has 0 aliphatic rings. The highest BCUT2D eigenvalue weighted by molar-refractivity contribution is 5.71. The van der Waals surface area contributed by atoms with Crippen molar-refractivity contribution in [3.63, 3.8) is 0 Å². The normalized spacial score (nSPS) is 12.2. The molecule has 0 bridgehead atoms. The van der Waals surface area contributed by atoms with E-state index in [9.17, 15) is 14.4 Å². The molecule has 0 fully saturated rings. The number of allylic oxidation sites excluding steroid dienone is 6. The average Bonchev–Trinajstić information content (AvgIpc) is 3.28. The third kappa shape index (κ3) is 50.5. The van der Waals surface area contributed by atoms with E-state index in [0.29, 0.717) is 19.3 Å². The number of rotatable bonds is 50. The molecule has 368 valence electrons. The second-order valence-electron chi connectivity index (χ2n) is 18.5. The molecule has 0 N–H and O–H groups in total. The molecule has 0 aliphatic carbocycles. The minimum Gasteiger partial charge on any atom is -0.462 e. The zero-order valence-corrected chi connectivity index (χ0v) is 42.1. The summed E-state index contributed by atoms with van der Waals surface area (Å²) in [5.41, 5.74) is 0. The van der Waals surface area contributed by atoms with Gasteiger partial charge in [0.2, 0.25) is 0 Å². The average molecular weight is 885 g/mol. The van der Waals surface area contributed by atoms with Crippen molar-refractivity contribution in [1.29, 1.82) is 0 Å². The van der Waals surface area contributed by atoms with Gasteiger partial charge in [0.15, 0.2) is 6.10 Å². The minimum absolute atomic E-state index is 0.0747. The van der Waals surface area contributed by atoms with Crippen molar-refractivity contribution < 1.29 is 28.6 Å². The fourth-order valence-corrected chi connectivity index (χ4v) is 7.94. The molecule has 0 aliphatic heterocycles. The number of ether oxygens (including phenoxy) is 3. The number of unbranched alkanes of at least 4 members (excludes halogenated alkanes) is 33. The summed E-state index contributed by atoms with van der Waals surface area (Å²) >= 11 is 0. The first-order chi connectivity index (χ1) is 31.0. The maximum atomic E-state index is 12.8. The van der Waals surface area contributed by atoms with Gasteiger partial charge in [-0.1, -0.05) is 231 Å². The third-order valence-electron chi connectivity index (χ3n) is 12.1. The molecule has 63 heavy (non-hydrogen) atoms. The van der Waals surface area contributed by atoms with Crippen LogP contribution in [0.25, 0.3) is 0 Å². The highest BCUT2D eigenvalue weighted by Gasteiger charge is 2.19. The van der Waals surface area contributed by atoms with Gasteiger partial charge in [0.25, 0.3) is 0 Å². The van der Waals surface area contributed by atoms with Crippen LogP contribution < -0.4 is 0 Å². The SMILES string of the molecule is CCCCC/C=C/C/C=C/CCCCCCCCCC(=O)OC[C@@H](COC(=O)CCCCCCCCCCCCCCCC)OC(=O)CCCCCCC/C=C/CCCCCCC. The minimum atomic E-state index is -0.776. The summed E-state index contributed by atoms with van der Waals surface area (Å²) in [4.78, 5) is 38.0. The van der Waals surface area contributed by atoms with Crippen molar-refractivity contribution in [2.45, 2.75) is 297 Å². The monoisotopic (exact) mass is 885 g/mol. The predicted molar refractivity (Wildman–Crippen MR) is 270 cm³/mol. The molecule has 0 aromatic heterocycles. The molecule has 0 aromatic carbocycles. The molecule has 0 spiro atoms. The van der Waals surface area contributed by atoms with Crippen LogP contribution in [0.1, 0.15) is 290 Å². The molecule has 6 heteroatoms. The summed E-state index contributed by atoms with van der Waals surface area (Å²) in [5.74, 6) is -0.878. The maximum Gasteiger partial charge on any atom is 0.306 e. The van der Waals surface area contributed by atoms with Crippen molar-refractivity contribution in [2.75, 3.05) is 13.2 Å². The van der Waals surface area contributed by atoms with Gasteiger partial charge in [0, 0.05) is 19.3 Å². The largest absolute Gasteiger partial charge is 0.462 e. The van der Waals surface area contributed by atoms with Gasteiger partial charge in [-0.3, -0.25) is 14.4 Å². The van der Waals surface area contributed by atoms with Gasteiger partial charge in [0.05, 0.1) is 0 Å². The summed E-state index contributed by atoms with van der Waals surface area (Å²) in [6.45, 7) is 6.62. The molecule has 1 atom stereocenters. The van der Waals surface area contributed by atoms with Crippen molar-refractivity contribution in [3.8, 4) is 0 Å². The predicted octanol–water partition coefficient (Wildman–Crippen LogP) is 18.1. The van der Waals surface area contributed by atoms with E-state index in [4.69, 9.17) is 14.2 Å². The Morgan fingerprint density at radius 3 is 0.921 bits per heavy atom. The van der Waals surface area contributed by atoms with E-state index in [0.717, 1.165) is 77.0 Å². The van der Waals surface area contributed by atoms with E-state index < -0.39 is 6.10 Å². The number of hydrogen-bond donors (Lipinski definition) is 0. The van der Waals surface area contributed by atoms with Crippen LogP contribution in [-0.2, 0) is 28.6 Å². The Morgan fingerprint density at radius 1 is 0.317 bits per heavy atom. The van der Waals surface area contributed by atoms with E-state index in [1.54, 1.807) is 0 Å². The number of esters is 3. The van der Waals surface area contributed by atoms with E-state index >= 15 is 0 Å². The van der Waals surface area contributed by atoms with Gasteiger partial charge in [-0.2, -0.15) is 0 Å². The van der Waals surface area contributed by atoms with Gasteiger partial charge in [0.1, 0.15) is 13.2 Å². The van der Waals surface area contributed by atoms with E-state index in [1.165, 1.54) is 173 Å². The molecule has 0 saturated carbocycles. The van der Waals surface area contributed by atoms with Crippen LogP contribution >= 0.6 is 0 Å². The van der Waals surface area contributed by atoms with E-state index in [1.807, 2.05) is 0 Å². The summed E-state index contributed by atoms with van der Waals surface area (Å²) in [6, 6.07) is 0. The van der Waals surface area contributed by atoms with Gasteiger partial charge >= 0.3 is 17.9 Å². The van der Waals surface area contributed by atoms with Crippen LogP contribution in [0.2, 0.25) is 0 Å². The summed E-state index contributed by atoms with van der Waals surface area (Å²) in [6.07, 6.45) is 61.2. The Hall–Kier alpha value is -2.37. The lowest BCUT2D eigenvalue weighted by molar-refractivity contribution is -0.167. The zero-order chi connectivity index (χ0) is 45.8. The fraction of sp³-hybridized carbons (Fsp3) is 0.842. The molecule has 0 radical (unpaired) electrons. The first-order valence-electron chi connectivity index (χ1n) is 27.5. The van der Waals surface area contributed by atoms with Crippen LogP contribution in [0, 0.1) is 0 Å². The smallest absolute Gasteiger partial charge is 0.306 e. The van der Waals surface area contributed by atoms with E-state index in [2.05, 4.69) is 57.2 Å². The highest BCUT2D eigenvalue weighted by Crippen LogP contribution is 2.16. The Bertz CT molecular complexity index is 1060. The molecule has 6 nitrogen and oxygen atoms in total. The van der Waals surface area contributed by atoms with Crippen molar-refractivity contribution in [3.05, 3.63) is 36.5 Å². The molecule has 0 rings (SSSR count). The van der Waals surface area contributed by atoms with Crippen molar-refractivity contribution in [2.24, 2.45) is 0 Å². The molecule has 0 unspecified atom stereocenters. The molecule has 0 saturated heterocycles.